The number of halogens is 2. The van der Waals surface area contributed by atoms with Crippen molar-refractivity contribution in [2.75, 3.05) is 0 Å². The van der Waals surface area contributed by atoms with Crippen LogP contribution in [-0.2, 0) is 9.05 Å². The highest BCUT2D eigenvalue weighted by Crippen LogP contribution is 2.24. The van der Waals surface area contributed by atoms with E-state index in [0.717, 1.165) is 10.9 Å². The number of benzene rings is 1. The first-order valence-electron chi connectivity index (χ1n) is 4.62. The molecular formula is C10H5Cl2N3O2S. The van der Waals surface area contributed by atoms with Crippen LogP contribution in [0, 0.1) is 11.3 Å². The van der Waals surface area contributed by atoms with Crippen LogP contribution in [0.4, 0.5) is 0 Å². The van der Waals surface area contributed by atoms with Crippen molar-refractivity contribution in [3.63, 3.8) is 0 Å². The fourth-order valence-electron chi connectivity index (χ4n) is 1.44. The third-order valence-corrected chi connectivity index (χ3v) is 3.66. The number of nitrogens with zero attached hydrogens (tertiary/aromatic N) is 3. The SMILES string of the molecule is N#Cc1cnn(-c2cccc(Cl)c2)c1S(=O)(=O)Cl. The highest BCUT2D eigenvalue weighted by atomic mass is 35.7. The van der Waals surface area contributed by atoms with E-state index in [2.05, 4.69) is 5.10 Å². The van der Waals surface area contributed by atoms with Crippen LogP contribution in [0.25, 0.3) is 5.69 Å². The average Bonchev–Trinajstić information content (AvgIpc) is 2.72. The molecule has 0 saturated heterocycles. The topological polar surface area (TPSA) is 75.8 Å². The molecule has 18 heavy (non-hydrogen) atoms. The predicted molar refractivity (Wildman–Crippen MR) is 66.3 cm³/mol. The molecule has 0 amide bonds. The van der Waals surface area contributed by atoms with E-state index in [1.807, 2.05) is 0 Å². The van der Waals surface area contributed by atoms with Crippen molar-refractivity contribution in [1.29, 1.82) is 5.26 Å². The third kappa shape index (κ3) is 2.34. The molecule has 0 aliphatic carbocycles. The van der Waals surface area contributed by atoms with Gasteiger partial charge in [-0.2, -0.15) is 10.4 Å². The van der Waals surface area contributed by atoms with E-state index >= 15 is 0 Å². The zero-order valence-corrected chi connectivity index (χ0v) is 11.0. The molecule has 92 valence electrons. The molecule has 0 atom stereocenters. The Morgan fingerprint density at radius 1 is 1.39 bits per heavy atom. The van der Waals surface area contributed by atoms with E-state index in [9.17, 15) is 8.42 Å². The molecule has 0 unspecified atom stereocenters. The standard InChI is InChI=1S/C10H5Cl2N3O2S/c11-8-2-1-3-9(4-8)15-10(18(12,16)17)7(5-13)6-14-15/h1-4,6H. The van der Waals surface area contributed by atoms with Crippen molar-refractivity contribution in [2.24, 2.45) is 0 Å². The fraction of sp³-hybridized carbons (Fsp3) is 0. The first-order valence-corrected chi connectivity index (χ1v) is 7.31. The molecule has 2 aromatic rings. The molecule has 2 rings (SSSR count). The van der Waals surface area contributed by atoms with Crippen molar-refractivity contribution in [2.45, 2.75) is 5.03 Å². The highest BCUT2D eigenvalue weighted by Gasteiger charge is 2.23. The van der Waals surface area contributed by atoms with E-state index in [1.165, 1.54) is 6.07 Å². The van der Waals surface area contributed by atoms with Crippen LogP contribution in [0.1, 0.15) is 5.56 Å². The smallest absolute Gasteiger partial charge is 0.219 e. The summed E-state index contributed by atoms with van der Waals surface area (Å²) in [5.74, 6) is 0. The summed E-state index contributed by atoms with van der Waals surface area (Å²) in [5, 5.41) is 12.7. The van der Waals surface area contributed by atoms with Gasteiger partial charge in [0.2, 0.25) is 0 Å². The van der Waals surface area contributed by atoms with Gasteiger partial charge in [0.15, 0.2) is 5.03 Å². The van der Waals surface area contributed by atoms with Crippen molar-refractivity contribution < 1.29 is 8.42 Å². The van der Waals surface area contributed by atoms with Crippen molar-refractivity contribution in [1.82, 2.24) is 9.78 Å². The molecule has 8 heteroatoms. The Hall–Kier alpha value is -1.55. The van der Waals surface area contributed by atoms with Crippen LogP contribution in [0.3, 0.4) is 0 Å². The van der Waals surface area contributed by atoms with Gasteiger partial charge in [0.25, 0.3) is 9.05 Å². The molecule has 0 aliphatic rings. The van der Waals surface area contributed by atoms with Crippen LogP contribution in [0.15, 0.2) is 35.5 Å². The Kier molecular flexibility index (Phi) is 3.30. The van der Waals surface area contributed by atoms with E-state index in [0.29, 0.717) is 10.7 Å². The van der Waals surface area contributed by atoms with Gasteiger partial charge in [0, 0.05) is 15.7 Å². The molecule has 0 N–H and O–H groups in total. The van der Waals surface area contributed by atoms with Gasteiger partial charge in [-0.25, -0.2) is 13.1 Å². The summed E-state index contributed by atoms with van der Waals surface area (Å²) in [5.41, 5.74) is 0.285. The number of hydrogen-bond acceptors (Lipinski definition) is 4. The summed E-state index contributed by atoms with van der Waals surface area (Å²) in [6.45, 7) is 0. The largest absolute Gasteiger partial charge is 0.280 e. The molecule has 5 nitrogen and oxygen atoms in total. The van der Waals surface area contributed by atoms with E-state index in [1.54, 1.807) is 24.3 Å². The molecular weight excluding hydrogens is 297 g/mol. The lowest BCUT2D eigenvalue weighted by Gasteiger charge is -2.05. The van der Waals surface area contributed by atoms with Gasteiger partial charge in [-0.1, -0.05) is 17.7 Å². The van der Waals surface area contributed by atoms with Gasteiger partial charge in [0.1, 0.15) is 11.6 Å². The second kappa shape index (κ2) is 4.61. The normalized spacial score (nSPS) is 11.2. The summed E-state index contributed by atoms with van der Waals surface area (Å²) in [6, 6.07) is 8.11. The van der Waals surface area contributed by atoms with Gasteiger partial charge in [0.05, 0.1) is 11.9 Å². The fourth-order valence-corrected chi connectivity index (χ4v) is 2.79. The minimum absolute atomic E-state index is 0.120. The summed E-state index contributed by atoms with van der Waals surface area (Å²) in [7, 11) is 1.22. The Balaban J connectivity index is 2.75. The van der Waals surface area contributed by atoms with Gasteiger partial charge in [-0.05, 0) is 18.2 Å². The predicted octanol–water partition coefficient (Wildman–Crippen LogP) is 2.32. The molecule has 1 aromatic heterocycles. The molecule has 1 heterocycles. The lowest BCUT2D eigenvalue weighted by Crippen LogP contribution is -2.05. The monoisotopic (exact) mass is 301 g/mol. The first-order chi connectivity index (χ1) is 8.43. The Labute approximate surface area is 113 Å². The summed E-state index contributed by atoms with van der Waals surface area (Å²) >= 11 is 5.81. The van der Waals surface area contributed by atoms with Crippen LogP contribution >= 0.6 is 22.3 Å². The average molecular weight is 302 g/mol. The van der Waals surface area contributed by atoms with E-state index in [-0.39, 0.29) is 10.6 Å². The summed E-state index contributed by atoms with van der Waals surface area (Å²) in [4.78, 5) is 0. The zero-order chi connectivity index (χ0) is 13.3. The van der Waals surface area contributed by atoms with Crippen molar-refractivity contribution >= 4 is 31.3 Å². The molecule has 0 aliphatic heterocycles. The molecule has 0 radical (unpaired) electrons. The number of aromatic nitrogens is 2. The quantitative estimate of drug-likeness (QED) is 0.798. The van der Waals surface area contributed by atoms with E-state index in [4.69, 9.17) is 27.5 Å². The van der Waals surface area contributed by atoms with Crippen LogP contribution in [0.2, 0.25) is 5.02 Å². The molecule has 1 aromatic carbocycles. The summed E-state index contributed by atoms with van der Waals surface area (Å²) < 4.78 is 24.0. The van der Waals surface area contributed by atoms with Crippen molar-refractivity contribution in [3.05, 3.63) is 41.0 Å². The van der Waals surface area contributed by atoms with Crippen LogP contribution in [-0.4, -0.2) is 18.2 Å². The first kappa shape index (κ1) is 12.9. The van der Waals surface area contributed by atoms with Gasteiger partial charge in [-0.15, -0.1) is 0 Å². The molecule has 0 fully saturated rings. The second-order valence-corrected chi connectivity index (χ2v) is 6.22. The Morgan fingerprint density at radius 3 is 2.67 bits per heavy atom. The molecule has 0 saturated carbocycles. The van der Waals surface area contributed by atoms with Crippen LogP contribution in [0.5, 0.6) is 0 Å². The molecule has 0 spiro atoms. The lowest BCUT2D eigenvalue weighted by molar-refractivity contribution is 0.599. The Bertz CT molecular complexity index is 747. The third-order valence-electron chi connectivity index (χ3n) is 2.13. The van der Waals surface area contributed by atoms with Crippen molar-refractivity contribution in [3.8, 4) is 11.8 Å². The summed E-state index contributed by atoms with van der Waals surface area (Å²) in [6.07, 6.45) is 1.14. The highest BCUT2D eigenvalue weighted by molar-refractivity contribution is 8.13. The van der Waals surface area contributed by atoms with Gasteiger partial charge < -0.3 is 0 Å². The minimum Gasteiger partial charge on any atom is -0.219 e. The second-order valence-electron chi connectivity index (χ2n) is 3.30. The maximum absolute atomic E-state index is 11.5. The molecule has 0 bridgehead atoms. The maximum Gasteiger partial charge on any atom is 0.280 e. The lowest BCUT2D eigenvalue weighted by atomic mass is 10.3. The Morgan fingerprint density at radius 2 is 2.11 bits per heavy atom. The number of rotatable bonds is 2. The van der Waals surface area contributed by atoms with E-state index < -0.39 is 9.05 Å². The number of nitriles is 1. The van der Waals surface area contributed by atoms with Gasteiger partial charge >= 0.3 is 0 Å². The zero-order valence-electron chi connectivity index (χ0n) is 8.71. The number of hydrogen-bond donors (Lipinski definition) is 0. The van der Waals surface area contributed by atoms with Gasteiger partial charge in [-0.3, -0.25) is 0 Å². The maximum atomic E-state index is 11.5. The minimum atomic E-state index is -4.09. The van der Waals surface area contributed by atoms with Crippen LogP contribution < -0.4 is 0 Å².